The third-order valence-corrected chi connectivity index (χ3v) is 5.34. The lowest BCUT2D eigenvalue weighted by Gasteiger charge is -2.36. The number of rotatable bonds is 4. The summed E-state index contributed by atoms with van der Waals surface area (Å²) in [5.41, 5.74) is 1.80. The van der Waals surface area contributed by atoms with Crippen LogP contribution in [-0.4, -0.2) is 46.6 Å². The highest BCUT2D eigenvalue weighted by Crippen LogP contribution is 2.35. The number of aromatic nitrogens is 2. The summed E-state index contributed by atoms with van der Waals surface area (Å²) < 4.78 is 20.1. The molecule has 2 N–H and O–H groups in total. The number of benzene rings is 1. The number of hydrogen-bond acceptors (Lipinski definition) is 4. The molecule has 0 unspecified atom stereocenters. The average molecular weight is 453 g/mol. The van der Waals surface area contributed by atoms with Crippen molar-refractivity contribution in [1.29, 1.82) is 0 Å². The largest absolute Gasteiger partial charge is 0.467 e. The number of amides is 2. The van der Waals surface area contributed by atoms with Crippen molar-refractivity contribution >= 4 is 27.9 Å². The first-order valence-corrected chi connectivity index (χ1v) is 9.74. The molecule has 0 fully saturated rings. The Morgan fingerprint density at radius 3 is 2.82 bits per heavy atom. The van der Waals surface area contributed by atoms with E-state index in [1.165, 1.54) is 18.1 Å². The van der Waals surface area contributed by atoms with Crippen LogP contribution < -0.4 is 5.32 Å². The molecule has 2 heterocycles. The topological polar surface area (TPSA) is 87.3 Å². The van der Waals surface area contributed by atoms with Gasteiger partial charge in [-0.25, -0.2) is 19.0 Å². The third kappa shape index (κ3) is 3.89. The van der Waals surface area contributed by atoms with Crippen LogP contribution >= 0.6 is 15.9 Å². The van der Waals surface area contributed by atoms with E-state index < -0.39 is 29.9 Å². The number of nitrogens with one attached hydrogen (secondary N) is 2. The smallest absolute Gasteiger partial charge is 0.328 e. The number of imidazole rings is 1. The number of H-pyrrole nitrogens is 1. The number of fused-ring (bicyclic) bond motifs is 1. The van der Waals surface area contributed by atoms with E-state index in [0.717, 1.165) is 5.69 Å². The normalized spacial score (nSPS) is 17.2. The summed E-state index contributed by atoms with van der Waals surface area (Å²) in [6.07, 6.45) is 2.10. The van der Waals surface area contributed by atoms with E-state index in [0.29, 0.717) is 28.7 Å². The maximum absolute atomic E-state index is 14.7. The molecule has 0 spiro atoms. The number of methoxy groups -OCH3 is 1. The van der Waals surface area contributed by atoms with E-state index in [2.05, 4.69) is 31.2 Å². The van der Waals surface area contributed by atoms with Gasteiger partial charge in [0.2, 0.25) is 0 Å². The minimum atomic E-state index is -0.798. The minimum Gasteiger partial charge on any atom is -0.467 e. The first-order chi connectivity index (χ1) is 13.3. The maximum atomic E-state index is 14.7. The molecular weight excluding hydrogens is 431 g/mol. The van der Waals surface area contributed by atoms with Gasteiger partial charge < -0.3 is 19.9 Å². The Kier molecular flexibility index (Phi) is 6.02. The molecule has 9 heteroatoms. The standard InChI is InChI=1S/C19H22BrFN4O3/c1-10(2)15(18(26)28-3)24-19(27)25-7-6-14-16(23-9-22-14)17(25)12-5-4-11(20)8-13(12)21/h4-5,8-10,15,17H,6-7H2,1-3H3,(H,22,23)(H,24,27)/t15-,17-/m0/s1. The predicted octanol–water partition coefficient (Wildman–Crippen LogP) is 3.17. The Balaban J connectivity index is 1.96. The number of ether oxygens (including phenoxy) is 1. The Bertz CT molecular complexity index is 886. The zero-order chi connectivity index (χ0) is 20.4. The number of carbonyl (C=O) groups is 2. The van der Waals surface area contributed by atoms with Gasteiger partial charge in [-0.15, -0.1) is 0 Å². The van der Waals surface area contributed by atoms with Crippen LogP contribution in [-0.2, 0) is 16.0 Å². The molecule has 0 radical (unpaired) electrons. The van der Waals surface area contributed by atoms with Crippen LogP contribution in [0.4, 0.5) is 9.18 Å². The van der Waals surface area contributed by atoms with Crippen molar-refractivity contribution < 1.29 is 18.7 Å². The van der Waals surface area contributed by atoms with Crippen LogP contribution in [0.1, 0.15) is 36.8 Å². The van der Waals surface area contributed by atoms with Crippen molar-refractivity contribution in [3.63, 3.8) is 0 Å². The molecule has 0 saturated heterocycles. The van der Waals surface area contributed by atoms with Crippen molar-refractivity contribution in [3.05, 3.63) is 51.8 Å². The van der Waals surface area contributed by atoms with E-state index >= 15 is 0 Å². The van der Waals surface area contributed by atoms with Crippen molar-refractivity contribution in [2.75, 3.05) is 13.7 Å². The van der Waals surface area contributed by atoms with Gasteiger partial charge in [0, 0.05) is 28.7 Å². The molecule has 0 saturated carbocycles. The molecule has 7 nitrogen and oxygen atoms in total. The van der Waals surface area contributed by atoms with Crippen LogP contribution in [0.25, 0.3) is 0 Å². The van der Waals surface area contributed by atoms with Crippen LogP contribution in [0.5, 0.6) is 0 Å². The summed E-state index contributed by atoms with van der Waals surface area (Å²) in [5, 5.41) is 2.73. The number of hydrogen-bond donors (Lipinski definition) is 2. The Hall–Kier alpha value is -2.42. The summed E-state index contributed by atoms with van der Waals surface area (Å²) in [6, 6.07) is 2.75. The molecule has 1 aromatic heterocycles. The highest BCUT2D eigenvalue weighted by molar-refractivity contribution is 9.10. The van der Waals surface area contributed by atoms with E-state index in [1.807, 2.05) is 13.8 Å². The molecule has 2 amide bonds. The molecular formula is C19H22BrFN4O3. The summed E-state index contributed by atoms with van der Waals surface area (Å²) in [4.78, 5) is 34.0. The first-order valence-electron chi connectivity index (χ1n) is 8.95. The second-order valence-electron chi connectivity index (χ2n) is 6.97. The van der Waals surface area contributed by atoms with Gasteiger partial charge in [0.05, 0.1) is 19.1 Å². The van der Waals surface area contributed by atoms with Crippen molar-refractivity contribution in [2.24, 2.45) is 5.92 Å². The monoisotopic (exact) mass is 452 g/mol. The van der Waals surface area contributed by atoms with E-state index in [1.54, 1.807) is 18.5 Å². The quantitative estimate of drug-likeness (QED) is 0.697. The van der Waals surface area contributed by atoms with Crippen molar-refractivity contribution in [3.8, 4) is 0 Å². The molecule has 28 heavy (non-hydrogen) atoms. The van der Waals surface area contributed by atoms with E-state index in [-0.39, 0.29) is 5.92 Å². The van der Waals surface area contributed by atoms with Gasteiger partial charge in [-0.1, -0.05) is 35.8 Å². The van der Waals surface area contributed by atoms with Crippen LogP contribution in [0.15, 0.2) is 29.0 Å². The van der Waals surface area contributed by atoms with Gasteiger partial charge >= 0.3 is 12.0 Å². The van der Waals surface area contributed by atoms with Crippen molar-refractivity contribution in [1.82, 2.24) is 20.2 Å². The zero-order valence-corrected chi connectivity index (χ0v) is 17.4. The second-order valence-corrected chi connectivity index (χ2v) is 7.89. The molecule has 150 valence electrons. The Morgan fingerprint density at radius 1 is 1.43 bits per heavy atom. The zero-order valence-electron chi connectivity index (χ0n) is 15.8. The lowest BCUT2D eigenvalue weighted by Crippen LogP contribution is -2.53. The molecule has 1 aliphatic rings. The predicted molar refractivity (Wildman–Crippen MR) is 104 cm³/mol. The van der Waals surface area contributed by atoms with Gasteiger partial charge in [0.15, 0.2) is 0 Å². The minimum absolute atomic E-state index is 0.162. The van der Waals surface area contributed by atoms with Gasteiger partial charge in [0.1, 0.15) is 17.9 Å². The van der Waals surface area contributed by atoms with Crippen LogP contribution in [0.3, 0.4) is 0 Å². The van der Waals surface area contributed by atoms with Gasteiger partial charge in [-0.2, -0.15) is 0 Å². The maximum Gasteiger partial charge on any atom is 0.328 e. The van der Waals surface area contributed by atoms with E-state index in [9.17, 15) is 14.0 Å². The molecule has 0 aliphatic carbocycles. The number of urea groups is 1. The average Bonchev–Trinajstić information content (AvgIpc) is 3.13. The first kappa shape index (κ1) is 20.3. The fraction of sp³-hybridized carbons (Fsp3) is 0.421. The highest BCUT2D eigenvalue weighted by atomic mass is 79.9. The van der Waals surface area contributed by atoms with Gasteiger partial charge in [0.25, 0.3) is 0 Å². The molecule has 0 bridgehead atoms. The summed E-state index contributed by atoms with van der Waals surface area (Å²) >= 11 is 3.26. The number of carbonyl (C=O) groups excluding carboxylic acids is 2. The number of aromatic amines is 1. The van der Waals surface area contributed by atoms with Crippen LogP contribution in [0, 0.1) is 11.7 Å². The number of nitrogens with zero attached hydrogens (tertiary/aromatic N) is 2. The Morgan fingerprint density at radius 2 is 2.18 bits per heavy atom. The Labute approximate surface area is 170 Å². The molecule has 2 aromatic rings. The molecule has 1 aliphatic heterocycles. The fourth-order valence-electron chi connectivity index (χ4n) is 3.37. The summed E-state index contributed by atoms with van der Waals surface area (Å²) in [5.74, 6) is -1.13. The van der Waals surface area contributed by atoms with Crippen LogP contribution in [0.2, 0.25) is 0 Å². The van der Waals surface area contributed by atoms with Gasteiger partial charge in [-0.3, -0.25) is 0 Å². The number of halogens is 2. The third-order valence-electron chi connectivity index (χ3n) is 4.84. The second kappa shape index (κ2) is 8.30. The van der Waals surface area contributed by atoms with Gasteiger partial charge in [-0.05, 0) is 18.1 Å². The number of esters is 1. The summed E-state index contributed by atoms with van der Waals surface area (Å²) in [6.45, 7) is 3.98. The SMILES string of the molecule is COC(=O)[C@@H](NC(=O)N1CCc2[nH]cnc2[C@@H]1c1ccc(Br)cc1F)C(C)C. The molecule has 1 aromatic carbocycles. The molecule has 3 rings (SSSR count). The van der Waals surface area contributed by atoms with E-state index in [4.69, 9.17) is 4.74 Å². The summed E-state index contributed by atoms with van der Waals surface area (Å²) in [7, 11) is 1.28. The highest BCUT2D eigenvalue weighted by Gasteiger charge is 2.37. The molecule has 2 atom stereocenters. The lowest BCUT2D eigenvalue weighted by molar-refractivity contribution is -0.144. The fourth-order valence-corrected chi connectivity index (χ4v) is 3.71. The van der Waals surface area contributed by atoms with Crippen molar-refractivity contribution in [2.45, 2.75) is 32.4 Å². The lowest BCUT2D eigenvalue weighted by atomic mass is 9.95.